The minimum atomic E-state index is -6.03. The molecule has 14 heteroatoms. The Morgan fingerprint density at radius 2 is 1.64 bits per heavy atom. The summed E-state index contributed by atoms with van der Waals surface area (Å²) in [6.07, 6.45) is -1.79. The van der Waals surface area contributed by atoms with Gasteiger partial charge in [0.15, 0.2) is 11.5 Å². The van der Waals surface area contributed by atoms with Crippen molar-refractivity contribution in [1.82, 2.24) is 4.31 Å². The summed E-state index contributed by atoms with van der Waals surface area (Å²) in [4.78, 5) is -0.00313. The first-order chi connectivity index (χ1) is 20.8. The van der Waals surface area contributed by atoms with Crippen LogP contribution in [0, 0.1) is 6.92 Å². The van der Waals surface area contributed by atoms with Crippen LogP contribution >= 0.6 is 0 Å². The van der Waals surface area contributed by atoms with Crippen molar-refractivity contribution in [2.24, 2.45) is 0 Å². The SMILES string of the molecule is Cc1ccc(S(=O)(=O)N2C[C@@H](c3ccc4c(c3)OCO4)C3=C[C@H](OCc4ccccc4)[C@H](OS(=O)(=O)C(F)(F)F)C[C@@H]32)cc1. The first-order valence-electron chi connectivity index (χ1n) is 13.7. The van der Waals surface area contributed by atoms with Crippen molar-refractivity contribution >= 4 is 20.1 Å². The van der Waals surface area contributed by atoms with Gasteiger partial charge in [0.1, 0.15) is 12.2 Å². The van der Waals surface area contributed by atoms with Crippen molar-refractivity contribution < 1.29 is 48.4 Å². The predicted octanol–water partition coefficient (Wildman–Crippen LogP) is 5.03. The van der Waals surface area contributed by atoms with Crippen molar-refractivity contribution in [3.63, 3.8) is 0 Å². The van der Waals surface area contributed by atoms with E-state index in [2.05, 4.69) is 0 Å². The number of hydrogen-bond donors (Lipinski definition) is 0. The number of hydrogen-bond acceptors (Lipinski definition) is 8. The molecule has 0 bridgehead atoms. The molecular formula is C30H28F3NO8S2. The topological polar surface area (TPSA) is 108 Å². The molecule has 4 atom stereocenters. The van der Waals surface area contributed by atoms with Crippen LogP contribution in [-0.2, 0) is 35.7 Å². The van der Waals surface area contributed by atoms with E-state index >= 15 is 0 Å². The van der Waals surface area contributed by atoms with Gasteiger partial charge in [0.25, 0.3) is 0 Å². The van der Waals surface area contributed by atoms with Gasteiger partial charge in [-0.3, -0.25) is 4.18 Å². The summed E-state index contributed by atoms with van der Waals surface area (Å²) in [5.74, 6) is 0.460. The van der Waals surface area contributed by atoms with E-state index in [1.807, 2.05) is 6.92 Å². The van der Waals surface area contributed by atoms with E-state index in [1.54, 1.807) is 60.7 Å². The number of rotatable bonds is 8. The van der Waals surface area contributed by atoms with Gasteiger partial charge < -0.3 is 14.2 Å². The fraction of sp³-hybridized carbons (Fsp3) is 0.333. The molecule has 3 aromatic rings. The second kappa shape index (κ2) is 11.5. The van der Waals surface area contributed by atoms with Crippen LogP contribution in [0.25, 0.3) is 0 Å². The van der Waals surface area contributed by atoms with Crippen LogP contribution < -0.4 is 9.47 Å². The molecule has 0 radical (unpaired) electrons. The highest BCUT2D eigenvalue weighted by Crippen LogP contribution is 2.47. The average molecular weight is 652 g/mol. The number of sulfonamides is 1. The normalized spacial score (nSPS) is 23.8. The fourth-order valence-corrected chi connectivity index (χ4v) is 7.98. The summed E-state index contributed by atoms with van der Waals surface area (Å²) in [7, 11) is -10.2. The molecule has 6 rings (SSSR count). The zero-order valence-corrected chi connectivity index (χ0v) is 24.9. The lowest BCUT2D eigenvalue weighted by atomic mass is 9.83. The highest BCUT2D eigenvalue weighted by molar-refractivity contribution is 7.89. The number of fused-ring (bicyclic) bond motifs is 2. The second-order valence-corrected chi connectivity index (χ2v) is 14.2. The Bertz CT molecular complexity index is 1780. The molecule has 0 unspecified atom stereocenters. The van der Waals surface area contributed by atoms with Crippen molar-refractivity contribution in [2.45, 2.75) is 54.5 Å². The largest absolute Gasteiger partial charge is 0.523 e. The van der Waals surface area contributed by atoms with E-state index in [9.17, 15) is 30.0 Å². The van der Waals surface area contributed by atoms with Gasteiger partial charge in [0, 0.05) is 18.5 Å². The third-order valence-corrected chi connectivity index (χ3v) is 10.9. The first-order valence-corrected chi connectivity index (χ1v) is 16.5. The third-order valence-electron chi connectivity index (χ3n) is 7.92. The summed E-state index contributed by atoms with van der Waals surface area (Å²) in [6.45, 7) is 1.73. The zero-order chi connectivity index (χ0) is 31.3. The fourth-order valence-electron chi connectivity index (χ4n) is 5.72. The molecule has 2 aliphatic heterocycles. The molecule has 1 fully saturated rings. The standard InChI is InChI=1S/C30H28F3NO8S2/c1-19-7-10-22(11-8-19)43(35,36)34-16-24(21-9-12-26-27(13-21)41-18-40-26)23-14-28(39-17-20-5-3-2-4-6-20)29(15-25(23)34)42-44(37,38)30(31,32)33/h2-14,24-25,28-29H,15-18H2,1H3/t24-,25-,28-,29+/m0/s1. The molecule has 0 spiro atoms. The third kappa shape index (κ3) is 5.84. The maximum absolute atomic E-state index is 14.0. The molecular weight excluding hydrogens is 623 g/mol. The molecule has 0 saturated carbocycles. The first kappa shape index (κ1) is 30.6. The van der Waals surface area contributed by atoms with Gasteiger partial charge in [-0.1, -0.05) is 60.2 Å². The van der Waals surface area contributed by atoms with Crippen molar-refractivity contribution in [3.05, 3.63) is 101 Å². The van der Waals surface area contributed by atoms with Crippen LogP contribution in [0.5, 0.6) is 11.5 Å². The van der Waals surface area contributed by atoms with Gasteiger partial charge in [0.2, 0.25) is 16.8 Å². The van der Waals surface area contributed by atoms with Crippen LogP contribution in [0.2, 0.25) is 0 Å². The van der Waals surface area contributed by atoms with Gasteiger partial charge in [-0.05, 0) is 54.3 Å². The lowest BCUT2D eigenvalue weighted by Gasteiger charge is -2.35. The number of benzene rings is 3. The number of ether oxygens (including phenoxy) is 3. The summed E-state index contributed by atoms with van der Waals surface area (Å²) >= 11 is 0. The van der Waals surface area contributed by atoms with E-state index in [0.717, 1.165) is 5.56 Å². The van der Waals surface area contributed by atoms with E-state index in [-0.39, 0.29) is 24.8 Å². The molecule has 1 aliphatic carbocycles. The predicted molar refractivity (Wildman–Crippen MR) is 152 cm³/mol. The summed E-state index contributed by atoms with van der Waals surface area (Å²) in [6, 6.07) is 19.2. The van der Waals surface area contributed by atoms with E-state index in [4.69, 9.17) is 18.4 Å². The Hall–Kier alpha value is -3.43. The van der Waals surface area contributed by atoms with E-state index in [1.165, 1.54) is 22.5 Å². The molecule has 3 aromatic carbocycles. The molecule has 0 amide bonds. The number of halogens is 3. The average Bonchev–Trinajstić information content (AvgIpc) is 3.60. The minimum Gasteiger partial charge on any atom is -0.454 e. The molecule has 2 heterocycles. The van der Waals surface area contributed by atoms with Crippen molar-refractivity contribution in [1.29, 1.82) is 0 Å². The maximum Gasteiger partial charge on any atom is 0.523 e. The highest BCUT2D eigenvalue weighted by atomic mass is 32.2. The number of alkyl halides is 3. The van der Waals surface area contributed by atoms with Gasteiger partial charge in [-0.25, -0.2) is 8.42 Å². The van der Waals surface area contributed by atoms with E-state index in [0.29, 0.717) is 28.2 Å². The molecule has 9 nitrogen and oxygen atoms in total. The Morgan fingerprint density at radius 3 is 2.34 bits per heavy atom. The van der Waals surface area contributed by atoms with Crippen LogP contribution in [0.3, 0.4) is 0 Å². The smallest absolute Gasteiger partial charge is 0.454 e. The minimum absolute atomic E-state index is 0.00313. The molecule has 3 aliphatic rings. The molecule has 0 N–H and O–H groups in total. The second-order valence-electron chi connectivity index (χ2n) is 10.8. The van der Waals surface area contributed by atoms with E-state index < -0.39 is 56.2 Å². The quantitative estimate of drug-likeness (QED) is 0.190. The van der Waals surface area contributed by atoms with Crippen LogP contribution in [0.4, 0.5) is 13.2 Å². The number of aryl methyl sites for hydroxylation is 1. The van der Waals surface area contributed by atoms with Gasteiger partial charge in [-0.2, -0.15) is 25.9 Å². The Labute approximate surface area is 253 Å². The Balaban J connectivity index is 1.43. The molecule has 0 aromatic heterocycles. The van der Waals surface area contributed by atoms with Crippen molar-refractivity contribution in [3.8, 4) is 11.5 Å². The Kier molecular flexibility index (Phi) is 7.99. The lowest BCUT2D eigenvalue weighted by molar-refractivity contribution is -0.0697. The monoisotopic (exact) mass is 651 g/mol. The molecule has 44 heavy (non-hydrogen) atoms. The van der Waals surface area contributed by atoms with Crippen LogP contribution in [-0.4, -0.2) is 58.2 Å². The molecule has 1 saturated heterocycles. The summed E-state index contributed by atoms with van der Waals surface area (Å²) in [5.41, 5.74) is -2.89. The zero-order valence-electron chi connectivity index (χ0n) is 23.3. The van der Waals surface area contributed by atoms with Gasteiger partial charge >= 0.3 is 15.6 Å². The van der Waals surface area contributed by atoms with Crippen LogP contribution in [0.1, 0.15) is 29.0 Å². The van der Waals surface area contributed by atoms with Crippen molar-refractivity contribution in [2.75, 3.05) is 13.3 Å². The summed E-state index contributed by atoms with van der Waals surface area (Å²) < 4.78 is 116. The number of nitrogens with zero attached hydrogens (tertiary/aromatic N) is 1. The van der Waals surface area contributed by atoms with Crippen LogP contribution in [0.15, 0.2) is 89.3 Å². The molecule has 234 valence electrons. The Morgan fingerprint density at radius 1 is 0.932 bits per heavy atom. The van der Waals surface area contributed by atoms with Gasteiger partial charge in [0.05, 0.1) is 11.5 Å². The lowest BCUT2D eigenvalue weighted by Crippen LogP contribution is -2.46. The summed E-state index contributed by atoms with van der Waals surface area (Å²) in [5, 5.41) is 0. The van der Waals surface area contributed by atoms with Gasteiger partial charge in [-0.15, -0.1) is 0 Å². The highest BCUT2D eigenvalue weighted by Gasteiger charge is 2.53. The maximum atomic E-state index is 14.0.